The summed E-state index contributed by atoms with van der Waals surface area (Å²) in [6, 6.07) is 14.7. The molecule has 0 aromatic heterocycles. The van der Waals surface area contributed by atoms with E-state index in [0.29, 0.717) is 17.5 Å². The highest BCUT2D eigenvalue weighted by atomic mass is 16.5. The molecule has 0 amide bonds. The minimum absolute atomic E-state index is 0.00990. The molecule has 1 aliphatic rings. The average Bonchev–Trinajstić information content (AvgIpc) is 2.64. The zero-order chi connectivity index (χ0) is 16.9. The van der Waals surface area contributed by atoms with Gasteiger partial charge in [0.15, 0.2) is 0 Å². The molecule has 3 rings (SSSR count). The first-order valence-corrected chi connectivity index (χ1v) is 8.61. The third-order valence-corrected chi connectivity index (χ3v) is 4.73. The smallest absolute Gasteiger partial charge is 0.136 e. The van der Waals surface area contributed by atoms with Gasteiger partial charge in [-0.15, -0.1) is 0 Å². The molecule has 0 bridgehead atoms. The van der Waals surface area contributed by atoms with Crippen molar-refractivity contribution in [3.05, 3.63) is 53.7 Å². The first-order chi connectivity index (χ1) is 11.7. The van der Waals surface area contributed by atoms with Crippen LogP contribution in [0.5, 0.6) is 11.5 Å². The second-order valence-electron chi connectivity index (χ2n) is 6.58. The number of ether oxygens (including phenoxy) is 2. The van der Waals surface area contributed by atoms with E-state index in [1.54, 1.807) is 31.4 Å². The van der Waals surface area contributed by atoms with Gasteiger partial charge in [-0.25, -0.2) is 0 Å². The van der Waals surface area contributed by atoms with Crippen LogP contribution in [0.4, 0.5) is 11.4 Å². The van der Waals surface area contributed by atoms with Crippen LogP contribution in [-0.2, 0) is 0 Å². The lowest BCUT2D eigenvalue weighted by atomic mass is 9.89. The highest BCUT2D eigenvalue weighted by Gasteiger charge is 2.19. The molecule has 1 aliphatic carbocycles. The molecule has 1 fully saturated rings. The van der Waals surface area contributed by atoms with Crippen LogP contribution in [0.2, 0.25) is 0 Å². The standard InChI is InChI=1S/C20H25NO3/c1-15-3-9-19(10-4-15)24-20-13-7-17(8-14-20)21(22)16-5-11-18(23-2)12-6-16/h5-8,11-15,19,21H,3-4,9-10H2,1-2H3. The van der Waals surface area contributed by atoms with Crippen molar-refractivity contribution in [2.45, 2.75) is 38.7 Å². The number of hydrogen-bond donors (Lipinski definition) is 1. The number of methoxy groups -OCH3 is 1. The van der Waals surface area contributed by atoms with Crippen molar-refractivity contribution < 1.29 is 14.5 Å². The SMILES string of the molecule is COc1ccc([NH+]([O-])c2ccc(OC3CCC(C)CC3)cc2)cc1. The molecule has 0 saturated heterocycles. The average molecular weight is 327 g/mol. The second kappa shape index (κ2) is 7.69. The van der Waals surface area contributed by atoms with Crippen LogP contribution in [0.15, 0.2) is 48.5 Å². The zero-order valence-corrected chi connectivity index (χ0v) is 14.3. The van der Waals surface area contributed by atoms with Crippen LogP contribution >= 0.6 is 0 Å². The number of hydrogen-bond acceptors (Lipinski definition) is 3. The highest BCUT2D eigenvalue weighted by molar-refractivity contribution is 5.42. The molecule has 128 valence electrons. The molecule has 1 unspecified atom stereocenters. The van der Waals surface area contributed by atoms with Crippen molar-refractivity contribution in [2.24, 2.45) is 5.92 Å². The van der Waals surface area contributed by atoms with Crippen molar-refractivity contribution in [2.75, 3.05) is 7.11 Å². The van der Waals surface area contributed by atoms with Crippen molar-refractivity contribution in [1.29, 1.82) is 0 Å². The maximum Gasteiger partial charge on any atom is 0.136 e. The van der Waals surface area contributed by atoms with Crippen LogP contribution in [0.3, 0.4) is 0 Å². The molecular weight excluding hydrogens is 302 g/mol. The van der Waals surface area contributed by atoms with Crippen LogP contribution in [0.1, 0.15) is 32.6 Å². The van der Waals surface area contributed by atoms with E-state index >= 15 is 0 Å². The summed E-state index contributed by atoms with van der Waals surface area (Å²) in [6.45, 7) is 2.30. The van der Waals surface area contributed by atoms with Crippen molar-refractivity contribution in [3.8, 4) is 11.5 Å². The molecule has 1 N–H and O–H groups in total. The number of nitrogens with one attached hydrogen (secondary N) is 1. The Labute approximate surface area is 143 Å². The van der Waals surface area contributed by atoms with E-state index in [1.807, 2.05) is 24.3 Å². The fourth-order valence-electron chi connectivity index (χ4n) is 3.13. The molecule has 0 aliphatic heterocycles. The van der Waals surface area contributed by atoms with Gasteiger partial charge in [0, 0.05) is 24.3 Å². The summed E-state index contributed by atoms with van der Waals surface area (Å²) < 4.78 is 11.2. The molecule has 4 heteroatoms. The van der Waals surface area contributed by atoms with E-state index in [2.05, 4.69) is 6.92 Å². The summed E-state index contributed by atoms with van der Waals surface area (Å²) >= 11 is 0. The Morgan fingerprint density at radius 3 is 1.83 bits per heavy atom. The molecule has 0 spiro atoms. The van der Waals surface area contributed by atoms with E-state index in [4.69, 9.17) is 9.47 Å². The Hall–Kier alpha value is -2.04. The van der Waals surface area contributed by atoms with Gasteiger partial charge in [0.1, 0.15) is 22.9 Å². The quantitative estimate of drug-likeness (QED) is 0.844. The number of quaternary nitrogens is 1. The fourth-order valence-corrected chi connectivity index (χ4v) is 3.13. The number of benzene rings is 2. The van der Waals surface area contributed by atoms with Gasteiger partial charge in [-0.05, 0) is 55.9 Å². The summed E-state index contributed by atoms with van der Waals surface area (Å²) in [7, 11) is 1.61. The van der Waals surface area contributed by atoms with E-state index in [0.717, 1.165) is 30.3 Å². The highest BCUT2D eigenvalue weighted by Crippen LogP contribution is 2.27. The van der Waals surface area contributed by atoms with Gasteiger partial charge in [0.05, 0.1) is 13.2 Å². The molecular formula is C20H25NO3. The van der Waals surface area contributed by atoms with Gasteiger partial charge < -0.3 is 19.7 Å². The maximum absolute atomic E-state index is 12.5. The van der Waals surface area contributed by atoms with Crippen LogP contribution in [-0.4, -0.2) is 13.2 Å². The molecule has 4 nitrogen and oxygen atoms in total. The first kappa shape index (κ1) is 16.8. The van der Waals surface area contributed by atoms with Gasteiger partial charge in [-0.2, -0.15) is 0 Å². The van der Waals surface area contributed by atoms with E-state index in [1.165, 1.54) is 12.8 Å². The van der Waals surface area contributed by atoms with E-state index in [9.17, 15) is 5.21 Å². The summed E-state index contributed by atoms with van der Waals surface area (Å²) in [4.78, 5) is 0. The topological polar surface area (TPSA) is 46.0 Å². The second-order valence-corrected chi connectivity index (χ2v) is 6.58. The Morgan fingerprint density at radius 2 is 1.33 bits per heavy atom. The summed E-state index contributed by atoms with van der Waals surface area (Å²) in [5, 5.41) is 12.5. The predicted molar refractivity (Wildman–Crippen MR) is 95.1 cm³/mol. The van der Waals surface area contributed by atoms with Crippen LogP contribution in [0.25, 0.3) is 0 Å². The first-order valence-electron chi connectivity index (χ1n) is 8.61. The lowest BCUT2D eigenvalue weighted by Gasteiger charge is -2.27. The van der Waals surface area contributed by atoms with Crippen molar-refractivity contribution >= 4 is 11.4 Å². The van der Waals surface area contributed by atoms with Gasteiger partial charge >= 0.3 is 0 Å². The lowest BCUT2D eigenvalue weighted by molar-refractivity contribution is -0.698. The molecule has 2 aromatic rings. The van der Waals surface area contributed by atoms with E-state index < -0.39 is 0 Å². The van der Waals surface area contributed by atoms with Crippen molar-refractivity contribution in [3.63, 3.8) is 0 Å². The van der Waals surface area contributed by atoms with Gasteiger partial charge in [-0.1, -0.05) is 6.92 Å². The predicted octanol–water partition coefficient (Wildman–Crippen LogP) is 4.00. The largest absolute Gasteiger partial charge is 0.623 e. The Kier molecular flexibility index (Phi) is 5.38. The van der Waals surface area contributed by atoms with Gasteiger partial charge in [-0.3, -0.25) is 0 Å². The summed E-state index contributed by atoms with van der Waals surface area (Å²) in [5.41, 5.74) is 1.33. The Bertz CT molecular complexity index is 631. The molecule has 0 radical (unpaired) electrons. The lowest BCUT2D eigenvalue weighted by Crippen LogP contribution is -2.96. The number of rotatable bonds is 5. The molecule has 1 atom stereocenters. The normalized spacial score (nSPS) is 22.0. The zero-order valence-electron chi connectivity index (χ0n) is 14.3. The van der Waals surface area contributed by atoms with Gasteiger partial charge in [0.2, 0.25) is 0 Å². The Morgan fingerprint density at radius 1 is 0.833 bits per heavy atom. The minimum Gasteiger partial charge on any atom is -0.623 e. The Balaban J connectivity index is 1.62. The molecule has 24 heavy (non-hydrogen) atoms. The minimum atomic E-state index is 0.00990. The monoisotopic (exact) mass is 327 g/mol. The fraction of sp³-hybridized carbons (Fsp3) is 0.400. The molecule has 0 heterocycles. The van der Waals surface area contributed by atoms with E-state index in [-0.39, 0.29) is 5.06 Å². The van der Waals surface area contributed by atoms with Gasteiger partial charge in [0.25, 0.3) is 0 Å². The molecule has 2 aromatic carbocycles. The van der Waals surface area contributed by atoms with Crippen LogP contribution < -0.4 is 14.5 Å². The summed E-state index contributed by atoms with van der Waals surface area (Å²) in [6.07, 6.45) is 5.02. The third-order valence-electron chi connectivity index (χ3n) is 4.73. The van der Waals surface area contributed by atoms with Crippen LogP contribution in [0, 0.1) is 11.1 Å². The van der Waals surface area contributed by atoms with Crippen molar-refractivity contribution in [1.82, 2.24) is 0 Å². The summed E-state index contributed by atoms with van der Waals surface area (Å²) in [5.74, 6) is 2.41. The maximum atomic E-state index is 12.5. The molecule has 1 saturated carbocycles. The third kappa shape index (κ3) is 4.08.